The Morgan fingerprint density at radius 1 is 1.31 bits per heavy atom. The maximum Gasteiger partial charge on any atom is 0.236 e. The van der Waals surface area contributed by atoms with Gasteiger partial charge in [-0.3, -0.25) is 4.79 Å². The first-order chi connectivity index (χ1) is 7.61. The largest absolute Gasteiger partial charge is 0.380 e. The van der Waals surface area contributed by atoms with E-state index in [-0.39, 0.29) is 18.1 Å². The van der Waals surface area contributed by atoms with Gasteiger partial charge in [-0.05, 0) is 20.3 Å². The Balaban J connectivity index is 3.57. The van der Waals surface area contributed by atoms with Crippen LogP contribution in [0.15, 0.2) is 0 Å². The van der Waals surface area contributed by atoms with Crippen LogP contribution in [0.25, 0.3) is 0 Å². The number of carbonyl (C=O) groups excluding carboxylic acids is 1. The van der Waals surface area contributed by atoms with E-state index in [9.17, 15) is 4.79 Å². The molecule has 0 bridgehead atoms. The fraction of sp³-hybridized carbons (Fsp3) is 0.917. The summed E-state index contributed by atoms with van der Waals surface area (Å²) in [6, 6.07) is -0.153. The molecule has 4 heteroatoms. The van der Waals surface area contributed by atoms with E-state index in [1.54, 1.807) is 7.11 Å². The third kappa shape index (κ3) is 7.65. The lowest BCUT2D eigenvalue weighted by atomic mass is 10.2. The maximum absolute atomic E-state index is 11.6. The molecular weight excluding hydrogens is 204 g/mol. The molecule has 0 aromatic carbocycles. The van der Waals surface area contributed by atoms with Gasteiger partial charge in [0.2, 0.25) is 5.91 Å². The summed E-state index contributed by atoms with van der Waals surface area (Å²) in [5.74, 6) is 0.0689. The van der Waals surface area contributed by atoms with Crippen molar-refractivity contribution in [3.8, 4) is 0 Å². The topological polar surface area (TPSA) is 50.4 Å². The van der Waals surface area contributed by atoms with E-state index < -0.39 is 0 Å². The average molecular weight is 230 g/mol. The number of unbranched alkanes of at least 4 members (excludes halogenated alkanes) is 2. The van der Waals surface area contributed by atoms with Gasteiger partial charge in [-0.25, -0.2) is 0 Å². The van der Waals surface area contributed by atoms with Crippen LogP contribution >= 0.6 is 0 Å². The molecule has 1 amide bonds. The van der Waals surface area contributed by atoms with Crippen LogP contribution in [0.2, 0.25) is 0 Å². The summed E-state index contributed by atoms with van der Waals surface area (Å²) in [6.07, 6.45) is 3.54. The second kappa shape index (κ2) is 9.60. The number of ether oxygens (including phenoxy) is 1. The highest BCUT2D eigenvalue weighted by Crippen LogP contribution is 1.92. The molecule has 0 aliphatic heterocycles. The van der Waals surface area contributed by atoms with Crippen LogP contribution in [0, 0.1) is 0 Å². The summed E-state index contributed by atoms with van der Waals surface area (Å²) in [5, 5.41) is 6.05. The molecule has 0 rings (SSSR count). The highest BCUT2D eigenvalue weighted by Gasteiger charge is 2.12. The second-order valence-corrected chi connectivity index (χ2v) is 4.17. The first-order valence-electron chi connectivity index (χ1n) is 6.15. The Kier molecular flexibility index (Phi) is 9.24. The zero-order chi connectivity index (χ0) is 12.4. The van der Waals surface area contributed by atoms with Gasteiger partial charge in [0, 0.05) is 20.2 Å². The highest BCUT2D eigenvalue weighted by molar-refractivity contribution is 5.81. The van der Waals surface area contributed by atoms with E-state index in [0.717, 1.165) is 13.0 Å². The van der Waals surface area contributed by atoms with E-state index in [0.29, 0.717) is 6.54 Å². The van der Waals surface area contributed by atoms with E-state index in [1.165, 1.54) is 12.8 Å². The molecule has 2 N–H and O–H groups in total. The molecule has 0 radical (unpaired) electrons. The minimum atomic E-state index is -0.153. The Morgan fingerprint density at radius 2 is 2.00 bits per heavy atom. The second-order valence-electron chi connectivity index (χ2n) is 4.17. The summed E-state index contributed by atoms with van der Waals surface area (Å²) in [6.45, 7) is 7.47. The quantitative estimate of drug-likeness (QED) is 0.587. The van der Waals surface area contributed by atoms with Crippen LogP contribution < -0.4 is 10.6 Å². The SMILES string of the molecule is CCCCCNC(=O)C(C)NCC(C)OC. The Hall–Kier alpha value is -0.610. The third-order valence-corrected chi connectivity index (χ3v) is 2.59. The van der Waals surface area contributed by atoms with Gasteiger partial charge in [-0.1, -0.05) is 19.8 Å². The van der Waals surface area contributed by atoms with Gasteiger partial charge in [0.15, 0.2) is 0 Å². The molecule has 0 heterocycles. The predicted molar refractivity (Wildman–Crippen MR) is 66.5 cm³/mol. The monoisotopic (exact) mass is 230 g/mol. The average Bonchev–Trinajstić information content (AvgIpc) is 2.30. The standard InChI is InChI=1S/C12H26N2O2/c1-5-6-7-8-13-12(15)11(3)14-9-10(2)16-4/h10-11,14H,5-9H2,1-4H3,(H,13,15). The van der Waals surface area contributed by atoms with Crippen LogP contribution in [0.3, 0.4) is 0 Å². The van der Waals surface area contributed by atoms with Gasteiger partial charge >= 0.3 is 0 Å². The summed E-state index contributed by atoms with van der Waals surface area (Å²) in [4.78, 5) is 11.6. The summed E-state index contributed by atoms with van der Waals surface area (Å²) < 4.78 is 5.10. The van der Waals surface area contributed by atoms with Crippen molar-refractivity contribution in [1.29, 1.82) is 0 Å². The molecule has 0 aromatic rings. The van der Waals surface area contributed by atoms with Gasteiger partial charge in [-0.2, -0.15) is 0 Å². The van der Waals surface area contributed by atoms with Crippen LogP contribution in [0.5, 0.6) is 0 Å². The van der Waals surface area contributed by atoms with Crippen molar-refractivity contribution in [2.45, 2.75) is 52.2 Å². The summed E-state index contributed by atoms with van der Waals surface area (Å²) >= 11 is 0. The number of nitrogens with one attached hydrogen (secondary N) is 2. The molecule has 0 aliphatic rings. The van der Waals surface area contributed by atoms with Crippen LogP contribution in [-0.2, 0) is 9.53 Å². The van der Waals surface area contributed by atoms with Crippen molar-refractivity contribution in [2.75, 3.05) is 20.2 Å². The first-order valence-corrected chi connectivity index (χ1v) is 6.15. The molecule has 96 valence electrons. The smallest absolute Gasteiger partial charge is 0.236 e. The number of rotatable bonds is 9. The Labute approximate surface area is 99.1 Å². The molecule has 2 atom stereocenters. The van der Waals surface area contributed by atoms with Crippen LogP contribution in [-0.4, -0.2) is 38.3 Å². The summed E-state index contributed by atoms with van der Waals surface area (Å²) in [7, 11) is 1.67. The molecule has 0 saturated carbocycles. The zero-order valence-electron chi connectivity index (χ0n) is 11.0. The van der Waals surface area contributed by atoms with E-state index in [4.69, 9.17) is 4.74 Å². The van der Waals surface area contributed by atoms with E-state index in [2.05, 4.69) is 17.6 Å². The molecule has 16 heavy (non-hydrogen) atoms. The minimum Gasteiger partial charge on any atom is -0.380 e. The van der Waals surface area contributed by atoms with Crippen LogP contribution in [0.4, 0.5) is 0 Å². The van der Waals surface area contributed by atoms with Gasteiger partial charge in [0.1, 0.15) is 0 Å². The maximum atomic E-state index is 11.6. The third-order valence-electron chi connectivity index (χ3n) is 2.59. The number of methoxy groups -OCH3 is 1. The van der Waals surface area contributed by atoms with Gasteiger partial charge in [0.25, 0.3) is 0 Å². The van der Waals surface area contributed by atoms with Crippen molar-refractivity contribution in [1.82, 2.24) is 10.6 Å². The molecular formula is C12H26N2O2. The Morgan fingerprint density at radius 3 is 2.56 bits per heavy atom. The van der Waals surface area contributed by atoms with Crippen molar-refractivity contribution in [3.63, 3.8) is 0 Å². The molecule has 0 aliphatic carbocycles. The number of hydrogen-bond acceptors (Lipinski definition) is 3. The Bertz CT molecular complexity index is 186. The van der Waals surface area contributed by atoms with Crippen molar-refractivity contribution >= 4 is 5.91 Å². The van der Waals surface area contributed by atoms with Crippen molar-refractivity contribution in [3.05, 3.63) is 0 Å². The number of carbonyl (C=O) groups is 1. The van der Waals surface area contributed by atoms with E-state index in [1.807, 2.05) is 13.8 Å². The van der Waals surface area contributed by atoms with Crippen LogP contribution in [0.1, 0.15) is 40.0 Å². The lowest BCUT2D eigenvalue weighted by Crippen LogP contribution is -2.44. The van der Waals surface area contributed by atoms with Gasteiger partial charge < -0.3 is 15.4 Å². The zero-order valence-corrected chi connectivity index (χ0v) is 11.0. The number of hydrogen-bond donors (Lipinski definition) is 2. The predicted octanol–water partition coefficient (Wildman–Crippen LogP) is 1.31. The molecule has 2 unspecified atom stereocenters. The van der Waals surface area contributed by atoms with E-state index >= 15 is 0 Å². The molecule has 0 fully saturated rings. The highest BCUT2D eigenvalue weighted by atomic mass is 16.5. The fourth-order valence-electron chi connectivity index (χ4n) is 1.26. The molecule has 0 saturated heterocycles. The normalized spacial score (nSPS) is 14.5. The molecule has 4 nitrogen and oxygen atoms in total. The van der Waals surface area contributed by atoms with Crippen molar-refractivity contribution in [2.24, 2.45) is 0 Å². The summed E-state index contributed by atoms with van der Waals surface area (Å²) in [5.41, 5.74) is 0. The number of amides is 1. The van der Waals surface area contributed by atoms with Gasteiger partial charge in [-0.15, -0.1) is 0 Å². The lowest BCUT2D eigenvalue weighted by Gasteiger charge is -2.16. The first kappa shape index (κ1) is 15.4. The van der Waals surface area contributed by atoms with Gasteiger partial charge in [0.05, 0.1) is 12.1 Å². The molecule has 0 aromatic heterocycles. The molecule has 0 spiro atoms. The van der Waals surface area contributed by atoms with Crippen molar-refractivity contribution < 1.29 is 9.53 Å². The lowest BCUT2D eigenvalue weighted by molar-refractivity contribution is -0.122. The minimum absolute atomic E-state index is 0.0689. The fourth-order valence-corrected chi connectivity index (χ4v) is 1.26.